The number of benzene rings is 4. The zero-order chi connectivity index (χ0) is 51.3. The summed E-state index contributed by atoms with van der Waals surface area (Å²) in [6, 6.07) is 26.8. The lowest BCUT2D eigenvalue weighted by atomic mass is 9.90. The molecule has 3 atom stereocenters. The third-order valence-corrected chi connectivity index (χ3v) is 11.4. The number of furan rings is 1. The Kier molecular flexibility index (Phi) is 20.9. The van der Waals surface area contributed by atoms with Gasteiger partial charge in [-0.1, -0.05) is 114 Å². The van der Waals surface area contributed by atoms with Gasteiger partial charge >= 0.3 is 17.9 Å². The Labute approximate surface area is 412 Å². The van der Waals surface area contributed by atoms with Crippen molar-refractivity contribution in [1.82, 2.24) is 21.0 Å². The molecule has 0 saturated heterocycles. The Morgan fingerprint density at radius 2 is 1.44 bits per heavy atom. The molecule has 17 heteroatoms. The van der Waals surface area contributed by atoms with Gasteiger partial charge < -0.3 is 39.4 Å². The summed E-state index contributed by atoms with van der Waals surface area (Å²) in [7, 11) is 0. The van der Waals surface area contributed by atoms with E-state index in [2.05, 4.69) is 16.0 Å². The number of ether oxygens (including phenoxy) is 3. The van der Waals surface area contributed by atoms with Crippen LogP contribution in [0.3, 0.4) is 0 Å². The van der Waals surface area contributed by atoms with Crippen LogP contribution in [-0.4, -0.2) is 72.5 Å². The van der Waals surface area contributed by atoms with E-state index < -0.39 is 65.9 Å². The highest BCUT2D eigenvalue weighted by molar-refractivity contribution is 6.00. The Bertz CT molecular complexity index is 2590. The van der Waals surface area contributed by atoms with E-state index in [4.69, 9.17) is 23.5 Å². The van der Waals surface area contributed by atoms with Crippen molar-refractivity contribution in [3.8, 4) is 17.1 Å². The molecule has 16 nitrogen and oxygen atoms in total. The van der Waals surface area contributed by atoms with Gasteiger partial charge in [0.15, 0.2) is 5.76 Å². The number of nitrogens with one attached hydrogen (secondary N) is 3. The highest BCUT2D eigenvalue weighted by Crippen LogP contribution is 2.30. The van der Waals surface area contributed by atoms with Crippen LogP contribution < -0.4 is 20.7 Å². The molecule has 5 rings (SSSR count). The van der Waals surface area contributed by atoms with E-state index in [0.717, 1.165) is 29.5 Å². The molecule has 0 unspecified atom stereocenters. The summed E-state index contributed by atoms with van der Waals surface area (Å²) in [5.74, 6) is -5.67. The summed E-state index contributed by atoms with van der Waals surface area (Å²) >= 11 is 0. The van der Waals surface area contributed by atoms with Crippen molar-refractivity contribution >= 4 is 42.0 Å². The first-order valence-corrected chi connectivity index (χ1v) is 23.7. The molecule has 0 aliphatic carbocycles. The summed E-state index contributed by atoms with van der Waals surface area (Å²) in [6.07, 6.45) is 2.72. The monoisotopic (exact) mass is 976 g/mol. The van der Waals surface area contributed by atoms with Crippen molar-refractivity contribution in [3.05, 3.63) is 149 Å². The molecule has 0 radical (unpaired) electrons. The minimum Gasteiger partial charge on any atom is -0.493 e. The van der Waals surface area contributed by atoms with E-state index in [-0.39, 0.29) is 67.2 Å². The normalized spacial score (nSPS) is 12.2. The number of esters is 2. The highest BCUT2D eigenvalue weighted by Gasteiger charge is 2.34. The van der Waals surface area contributed by atoms with Gasteiger partial charge in [0.25, 0.3) is 11.8 Å². The van der Waals surface area contributed by atoms with Crippen molar-refractivity contribution in [2.75, 3.05) is 13.3 Å². The minimum atomic E-state index is -1.41. The van der Waals surface area contributed by atoms with Gasteiger partial charge in [-0.2, -0.15) is 5.06 Å². The predicted molar refractivity (Wildman–Crippen MR) is 260 cm³/mol. The number of hydroxylamine groups is 2. The van der Waals surface area contributed by atoms with Crippen LogP contribution >= 0.6 is 0 Å². The third-order valence-electron chi connectivity index (χ3n) is 11.4. The molecule has 71 heavy (non-hydrogen) atoms. The SMILES string of the molecule is CCCCC[C@@H](C(=O)NCNC(=O)c1ccc(-c2ccc(C(=O)N[C@@H](CC(=O)OCc3ccccc3)C(=O)OCc3ccccc3)c(OCC)c2)o1)[C@@H](CC)N(C=O)OC(=O)c1ccc(F)cc1C(C)C. The van der Waals surface area contributed by atoms with Crippen LogP contribution in [0.25, 0.3) is 11.3 Å². The van der Waals surface area contributed by atoms with Crippen LogP contribution in [0.5, 0.6) is 5.75 Å². The number of unbranched alkanes of at least 4 members (excludes halogenated alkanes) is 2. The van der Waals surface area contributed by atoms with Crippen LogP contribution in [0.1, 0.15) is 127 Å². The molecule has 1 aromatic heterocycles. The third kappa shape index (κ3) is 15.9. The number of rotatable bonds is 27. The minimum absolute atomic E-state index is 0.0349. The molecule has 0 aliphatic rings. The average molecular weight is 977 g/mol. The van der Waals surface area contributed by atoms with E-state index in [9.17, 15) is 38.0 Å². The highest BCUT2D eigenvalue weighted by atomic mass is 19.1. The van der Waals surface area contributed by atoms with Gasteiger partial charge in [0.2, 0.25) is 12.3 Å². The van der Waals surface area contributed by atoms with Crippen molar-refractivity contribution < 1.29 is 61.4 Å². The summed E-state index contributed by atoms with van der Waals surface area (Å²) in [6.45, 7) is 8.77. The van der Waals surface area contributed by atoms with Crippen LogP contribution in [0.15, 0.2) is 114 Å². The van der Waals surface area contributed by atoms with Gasteiger partial charge in [-0.3, -0.25) is 24.0 Å². The topological polar surface area (TPSA) is 209 Å². The number of amides is 4. The fourth-order valence-corrected chi connectivity index (χ4v) is 7.67. The maximum absolute atomic E-state index is 14.1. The van der Waals surface area contributed by atoms with Crippen LogP contribution in [-0.2, 0) is 46.7 Å². The number of hydrogen-bond acceptors (Lipinski definition) is 12. The summed E-state index contributed by atoms with van der Waals surface area (Å²) in [5, 5.41) is 8.76. The van der Waals surface area contributed by atoms with Crippen molar-refractivity contribution in [1.29, 1.82) is 0 Å². The van der Waals surface area contributed by atoms with Crippen LogP contribution in [0.4, 0.5) is 4.39 Å². The Balaban J connectivity index is 1.24. The smallest absolute Gasteiger partial charge is 0.363 e. The number of carbonyl (C=O) groups is 7. The zero-order valence-corrected chi connectivity index (χ0v) is 40.6. The molecule has 0 fully saturated rings. The van der Waals surface area contributed by atoms with Crippen LogP contribution in [0, 0.1) is 11.7 Å². The van der Waals surface area contributed by atoms with E-state index in [1.165, 1.54) is 30.3 Å². The van der Waals surface area contributed by atoms with Gasteiger partial charge in [-0.25, -0.2) is 14.0 Å². The first-order valence-electron chi connectivity index (χ1n) is 23.7. The van der Waals surface area contributed by atoms with E-state index in [1.807, 2.05) is 19.1 Å². The Morgan fingerprint density at radius 3 is 2.07 bits per heavy atom. The van der Waals surface area contributed by atoms with E-state index in [1.54, 1.807) is 88.4 Å². The van der Waals surface area contributed by atoms with Gasteiger partial charge in [0.05, 0.1) is 42.8 Å². The van der Waals surface area contributed by atoms with Gasteiger partial charge in [-0.05, 0) is 84.8 Å². The maximum atomic E-state index is 14.1. The molecular formula is C54H61FN4O12. The second kappa shape index (κ2) is 27.4. The lowest BCUT2D eigenvalue weighted by molar-refractivity contribution is -0.171. The molecule has 4 aromatic carbocycles. The fourth-order valence-electron chi connectivity index (χ4n) is 7.67. The number of carbonyl (C=O) groups excluding carboxylic acids is 7. The summed E-state index contributed by atoms with van der Waals surface area (Å²) in [5.41, 5.74) is 2.41. The molecule has 0 bridgehead atoms. The molecule has 0 saturated carbocycles. The van der Waals surface area contributed by atoms with Crippen molar-refractivity contribution in [3.63, 3.8) is 0 Å². The second-order valence-corrected chi connectivity index (χ2v) is 16.8. The molecule has 0 spiro atoms. The number of halogens is 1. The molecule has 376 valence electrons. The van der Waals surface area contributed by atoms with Gasteiger partial charge in [-0.15, -0.1) is 0 Å². The molecular weight excluding hydrogens is 916 g/mol. The van der Waals surface area contributed by atoms with Gasteiger partial charge in [0, 0.05) is 5.56 Å². The summed E-state index contributed by atoms with van der Waals surface area (Å²) in [4.78, 5) is 98.5. The first kappa shape index (κ1) is 54.1. The molecule has 4 amide bonds. The van der Waals surface area contributed by atoms with Gasteiger partial charge in [0.1, 0.15) is 36.6 Å². The van der Waals surface area contributed by atoms with E-state index in [0.29, 0.717) is 35.9 Å². The Hall–Kier alpha value is -7.82. The molecule has 0 aliphatic heterocycles. The average Bonchev–Trinajstić information content (AvgIpc) is 3.88. The number of hydrogen-bond donors (Lipinski definition) is 3. The molecule has 3 N–H and O–H groups in total. The van der Waals surface area contributed by atoms with Crippen molar-refractivity contribution in [2.24, 2.45) is 5.92 Å². The first-order chi connectivity index (χ1) is 34.3. The largest absolute Gasteiger partial charge is 0.493 e. The standard InChI is InChI=1S/C54H61FN4O12/c1-6-9-12-21-41(45(7-2)59(34-60)71-53(65)40-25-23-39(55)29-43(40)35(4)5)50(62)56-33-57-52(64)47-27-26-46(70-47)38-22-24-42(48(28-38)67-8-3)51(63)58-44(54(66)69-32-37-19-15-11-16-20-37)30-49(61)68-31-36-17-13-10-14-18-36/h10-11,13-20,22-29,34-35,41,44-45H,6-9,12,21,30-33H2,1-5H3,(H,56,62)(H,57,64)(H,58,63)/t41-,44+,45-/m1/s1. The lowest BCUT2D eigenvalue weighted by Crippen LogP contribution is -2.49. The van der Waals surface area contributed by atoms with Crippen molar-refractivity contribution in [2.45, 2.75) is 104 Å². The maximum Gasteiger partial charge on any atom is 0.363 e. The zero-order valence-electron chi connectivity index (χ0n) is 40.6. The lowest BCUT2D eigenvalue weighted by Gasteiger charge is -2.32. The second-order valence-electron chi connectivity index (χ2n) is 16.8. The molecule has 1 heterocycles. The molecule has 5 aromatic rings. The van der Waals surface area contributed by atoms with E-state index >= 15 is 0 Å². The predicted octanol–water partition coefficient (Wildman–Crippen LogP) is 8.59. The Morgan fingerprint density at radius 1 is 0.761 bits per heavy atom. The number of nitrogens with zero attached hydrogens (tertiary/aromatic N) is 1. The summed E-state index contributed by atoms with van der Waals surface area (Å²) < 4.78 is 36.7. The quantitative estimate of drug-likeness (QED) is 0.0149. The fraction of sp³-hybridized carbons (Fsp3) is 0.352. The van der Waals surface area contributed by atoms with Crippen LogP contribution in [0.2, 0.25) is 0 Å².